The molecule has 1 fully saturated rings. The molecule has 1 N–H and O–H groups in total. The molecule has 0 aliphatic heterocycles. The largest absolute Gasteiger partial charge is 0.481 e. The lowest BCUT2D eigenvalue weighted by atomic mass is 9.68. The third kappa shape index (κ3) is 2.14. The average molecular weight is 267 g/mol. The molecule has 98 valence electrons. The molecule has 0 amide bonds. The van der Waals surface area contributed by atoms with Crippen molar-refractivity contribution in [2.24, 2.45) is 0 Å². The smallest absolute Gasteiger partial charge is 0.314 e. The molecular weight excluding hydrogens is 248 g/mol. The van der Waals surface area contributed by atoms with Gasteiger partial charge < -0.3 is 5.11 Å². The van der Waals surface area contributed by atoms with Gasteiger partial charge in [0.1, 0.15) is 0 Å². The van der Waals surface area contributed by atoms with Gasteiger partial charge in [0.15, 0.2) is 0 Å². The van der Waals surface area contributed by atoms with Crippen LogP contribution in [0.25, 0.3) is 0 Å². The molecule has 0 atom stereocenters. The quantitative estimate of drug-likeness (QED) is 0.869. The molecule has 0 bridgehead atoms. The second kappa shape index (κ2) is 4.93. The number of halogens is 1. The maximum atomic E-state index is 11.8. The van der Waals surface area contributed by atoms with Crippen LogP contribution in [-0.4, -0.2) is 11.1 Å². The fourth-order valence-corrected chi connectivity index (χ4v) is 3.34. The zero-order chi connectivity index (χ0) is 13.3. The van der Waals surface area contributed by atoms with Crippen molar-refractivity contribution in [3.63, 3.8) is 0 Å². The van der Waals surface area contributed by atoms with E-state index >= 15 is 0 Å². The number of carbonyl (C=O) groups is 1. The van der Waals surface area contributed by atoms with Gasteiger partial charge in [-0.2, -0.15) is 0 Å². The Morgan fingerprint density at radius 2 is 1.83 bits per heavy atom. The van der Waals surface area contributed by atoms with Gasteiger partial charge in [-0.05, 0) is 55.5 Å². The highest BCUT2D eigenvalue weighted by molar-refractivity contribution is 6.30. The summed E-state index contributed by atoms with van der Waals surface area (Å²) in [5.74, 6) is -0.702. The minimum Gasteiger partial charge on any atom is -0.481 e. The van der Waals surface area contributed by atoms with Crippen LogP contribution in [-0.2, 0) is 10.2 Å². The van der Waals surface area contributed by atoms with E-state index in [-0.39, 0.29) is 0 Å². The van der Waals surface area contributed by atoms with Crippen molar-refractivity contribution >= 4 is 17.6 Å². The van der Waals surface area contributed by atoms with Gasteiger partial charge in [-0.3, -0.25) is 4.79 Å². The summed E-state index contributed by atoms with van der Waals surface area (Å²) in [5, 5.41) is 10.3. The second-order valence-corrected chi connectivity index (χ2v) is 5.78. The number of hydrogen-bond donors (Lipinski definition) is 1. The summed E-state index contributed by atoms with van der Waals surface area (Å²) in [5.41, 5.74) is 2.34. The minimum atomic E-state index is -0.724. The predicted octanol–water partition coefficient (Wildman–Crippen LogP) is 4.24. The van der Waals surface area contributed by atoms with Gasteiger partial charge in [-0.15, -0.1) is 0 Å². The molecule has 1 aliphatic carbocycles. The maximum Gasteiger partial charge on any atom is 0.314 e. The Labute approximate surface area is 113 Å². The first kappa shape index (κ1) is 13.4. The van der Waals surface area contributed by atoms with Crippen molar-refractivity contribution < 1.29 is 9.90 Å². The lowest BCUT2D eigenvalue weighted by Crippen LogP contribution is -2.38. The molecule has 1 saturated carbocycles. The Kier molecular flexibility index (Phi) is 3.67. The van der Waals surface area contributed by atoms with Gasteiger partial charge in [0, 0.05) is 5.02 Å². The van der Waals surface area contributed by atoms with Crippen LogP contribution in [0.3, 0.4) is 0 Å². The van der Waals surface area contributed by atoms with E-state index < -0.39 is 11.4 Å². The topological polar surface area (TPSA) is 37.3 Å². The van der Waals surface area contributed by atoms with Crippen molar-refractivity contribution in [3.05, 3.63) is 33.8 Å². The van der Waals surface area contributed by atoms with Crippen molar-refractivity contribution in [2.75, 3.05) is 0 Å². The molecule has 2 rings (SSSR count). The van der Waals surface area contributed by atoms with Crippen LogP contribution >= 0.6 is 11.6 Å². The molecule has 0 saturated heterocycles. The molecule has 0 aromatic heterocycles. The minimum absolute atomic E-state index is 0.638. The van der Waals surface area contributed by atoms with Crippen molar-refractivity contribution in [2.45, 2.75) is 51.4 Å². The van der Waals surface area contributed by atoms with E-state index in [1.54, 1.807) is 0 Å². The second-order valence-electron chi connectivity index (χ2n) is 5.34. The summed E-state index contributed by atoms with van der Waals surface area (Å²) in [6.45, 7) is 3.99. The van der Waals surface area contributed by atoms with Gasteiger partial charge in [0.2, 0.25) is 0 Å². The van der Waals surface area contributed by atoms with E-state index in [1.165, 1.54) is 0 Å². The van der Waals surface area contributed by atoms with Crippen molar-refractivity contribution in [3.8, 4) is 0 Å². The molecule has 0 spiro atoms. The first-order valence-electron chi connectivity index (χ1n) is 6.48. The predicted molar refractivity (Wildman–Crippen MR) is 73.3 cm³/mol. The van der Waals surface area contributed by atoms with E-state index in [0.29, 0.717) is 5.02 Å². The molecule has 18 heavy (non-hydrogen) atoms. The molecule has 0 unspecified atom stereocenters. The van der Waals surface area contributed by atoms with Crippen LogP contribution in [0.1, 0.15) is 48.8 Å². The van der Waals surface area contributed by atoms with Crippen LogP contribution < -0.4 is 0 Å². The van der Waals surface area contributed by atoms with Crippen LogP contribution in [0.2, 0.25) is 5.02 Å². The maximum absolute atomic E-state index is 11.8. The Hall–Kier alpha value is -1.02. The van der Waals surface area contributed by atoms with Gasteiger partial charge in [-0.1, -0.05) is 30.9 Å². The van der Waals surface area contributed by atoms with Crippen molar-refractivity contribution in [1.29, 1.82) is 0 Å². The lowest BCUT2D eigenvalue weighted by Gasteiger charge is -2.35. The zero-order valence-electron chi connectivity index (χ0n) is 10.9. The summed E-state index contributed by atoms with van der Waals surface area (Å²) in [6, 6.07) is 3.75. The summed E-state index contributed by atoms with van der Waals surface area (Å²) in [6.07, 6.45) is 4.55. The number of aryl methyl sites for hydroxylation is 1. The number of carboxylic acids is 1. The first-order chi connectivity index (χ1) is 8.47. The number of benzene rings is 1. The third-order valence-electron chi connectivity index (χ3n) is 4.26. The van der Waals surface area contributed by atoms with Crippen LogP contribution in [0.4, 0.5) is 0 Å². The Bertz CT molecular complexity index is 474. The molecule has 2 nitrogen and oxygen atoms in total. The molecule has 0 radical (unpaired) electrons. The molecule has 1 aromatic rings. The lowest BCUT2D eigenvalue weighted by molar-refractivity contribution is -0.145. The van der Waals surface area contributed by atoms with Gasteiger partial charge in [0.05, 0.1) is 5.41 Å². The molecule has 1 aliphatic rings. The monoisotopic (exact) mass is 266 g/mol. The molecule has 3 heteroatoms. The first-order valence-corrected chi connectivity index (χ1v) is 6.86. The SMILES string of the molecule is Cc1cc(Cl)cc(C2(C(=O)O)CCCCC2)c1C. The molecular formula is C15H19ClO2. The van der Waals surface area contributed by atoms with Crippen molar-refractivity contribution in [1.82, 2.24) is 0 Å². The van der Waals surface area contributed by atoms with E-state index in [9.17, 15) is 9.90 Å². The van der Waals surface area contributed by atoms with E-state index in [0.717, 1.165) is 48.8 Å². The van der Waals surface area contributed by atoms with Crippen LogP contribution in [0, 0.1) is 13.8 Å². The fraction of sp³-hybridized carbons (Fsp3) is 0.533. The highest BCUT2D eigenvalue weighted by Gasteiger charge is 2.42. The van der Waals surface area contributed by atoms with E-state index in [4.69, 9.17) is 11.6 Å². The molecule has 0 heterocycles. The van der Waals surface area contributed by atoms with Gasteiger partial charge >= 0.3 is 5.97 Å². The summed E-state index contributed by atoms with van der Waals surface area (Å²) >= 11 is 6.12. The highest BCUT2D eigenvalue weighted by Crippen LogP contribution is 2.42. The third-order valence-corrected chi connectivity index (χ3v) is 4.48. The Balaban J connectivity index is 2.59. The highest BCUT2D eigenvalue weighted by atomic mass is 35.5. The fourth-order valence-electron chi connectivity index (χ4n) is 3.07. The van der Waals surface area contributed by atoms with E-state index in [2.05, 4.69) is 0 Å². The normalized spacial score (nSPS) is 18.6. The van der Waals surface area contributed by atoms with Gasteiger partial charge in [0.25, 0.3) is 0 Å². The van der Waals surface area contributed by atoms with E-state index in [1.807, 2.05) is 26.0 Å². The summed E-state index contributed by atoms with van der Waals surface area (Å²) < 4.78 is 0. The summed E-state index contributed by atoms with van der Waals surface area (Å²) in [4.78, 5) is 11.8. The average Bonchev–Trinajstić information content (AvgIpc) is 2.34. The number of carboxylic acid groups (broad SMARTS) is 1. The number of rotatable bonds is 2. The Morgan fingerprint density at radius 1 is 1.22 bits per heavy atom. The zero-order valence-corrected chi connectivity index (χ0v) is 11.7. The number of aliphatic carboxylic acids is 1. The van der Waals surface area contributed by atoms with Gasteiger partial charge in [-0.25, -0.2) is 0 Å². The summed E-state index contributed by atoms with van der Waals surface area (Å²) in [7, 11) is 0. The molecule has 1 aromatic carbocycles. The number of hydrogen-bond acceptors (Lipinski definition) is 1. The standard InChI is InChI=1S/C15H19ClO2/c1-10-8-12(16)9-13(11(10)2)15(14(17)18)6-4-3-5-7-15/h8-9H,3-7H2,1-2H3,(H,17,18). The van der Waals surface area contributed by atoms with Crippen LogP contribution in [0.5, 0.6) is 0 Å². The van der Waals surface area contributed by atoms with Crippen LogP contribution in [0.15, 0.2) is 12.1 Å². The Morgan fingerprint density at radius 3 is 2.39 bits per heavy atom.